The molecule has 0 saturated carbocycles. The molecule has 0 aliphatic rings. The molecular formula is C10H13FN2O. The Morgan fingerprint density at radius 2 is 2.29 bits per heavy atom. The van der Waals surface area contributed by atoms with Gasteiger partial charge in [-0.15, -0.1) is 0 Å². The molecule has 0 aliphatic carbocycles. The summed E-state index contributed by atoms with van der Waals surface area (Å²) in [5.41, 5.74) is 2.95. The van der Waals surface area contributed by atoms with Crippen molar-refractivity contribution in [2.45, 2.75) is 19.3 Å². The van der Waals surface area contributed by atoms with Crippen molar-refractivity contribution in [2.75, 3.05) is 0 Å². The van der Waals surface area contributed by atoms with E-state index < -0.39 is 0 Å². The van der Waals surface area contributed by atoms with E-state index in [2.05, 4.69) is 0 Å². The molecule has 0 saturated heterocycles. The van der Waals surface area contributed by atoms with Crippen LogP contribution in [0.4, 0.5) is 4.39 Å². The molecule has 0 aromatic heterocycles. The Balaban J connectivity index is 2.35. The number of aryl methyl sites for hydroxylation is 1. The molecule has 0 fully saturated rings. The minimum absolute atomic E-state index is 0.193. The molecule has 4 heteroatoms. The van der Waals surface area contributed by atoms with Gasteiger partial charge in [0, 0.05) is 6.42 Å². The zero-order valence-corrected chi connectivity index (χ0v) is 7.79. The summed E-state index contributed by atoms with van der Waals surface area (Å²) in [6.07, 6.45) is 1.73. The van der Waals surface area contributed by atoms with E-state index >= 15 is 0 Å². The van der Waals surface area contributed by atoms with Crippen LogP contribution in [0.1, 0.15) is 18.4 Å². The predicted molar refractivity (Wildman–Crippen MR) is 51.7 cm³/mol. The van der Waals surface area contributed by atoms with Gasteiger partial charge in [-0.25, -0.2) is 10.2 Å². The van der Waals surface area contributed by atoms with Crippen LogP contribution < -0.4 is 11.3 Å². The van der Waals surface area contributed by atoms with E-state index in [9.17, 15) is 9.18 Å². The highest BCUT2D eigenvalue weighted by atomic mass is 19.1. The third kappa shape index (κ3) is 3.53. The van der Waals surface area contributed by atoms with Crippen molar-refractivity contribution < 1.29 is 9.18 Å². The number of hydrazine groups is 1. The van der Waals surface area contributed by atoms with Crippen LogP contribution >= 0.6 is 0 Å². The first kappa shape index (κ1) is 10.7. The molecule has 76 valence electrons. The molecule has 0 unspecified atom stereocenters. The average molecular weight is 196 g/mol. The summed E-state index contributed by atoms with van der Waals surface area (Å²) in [6.45, 7) is 0. The van der Waals surface area contributed by atoms with Crippen LogP contribution in [0.15, 0.2) is 24.3 Å². The summed E-state index contributed by atoms with van der Waals surface area (Å²) in [5.74, 6) is 4.48. The van der Waals surface area contributed by atoms with Crippen molar-refractivity contribution in [3.8, 4) is 0 Å². The Labute approximate surface area is 82.1 Å². The fraction of sp³-hybridized carbons (Fsp3) is 0.300. The van der Waals surface area contributed by atoms with Crippen LogP contribution in [-0.4, -0.2) is 5.91 Å². The highest BCUT2D eigenvalue weighted by Crippen LogP contribution is 2.07. The van der Waals surface area contributed by atoms with Gasteiger partial charge >= 0.3 is 0 Å². The third-order valence-corrected chi connectivity index (χ3v) is 1.92. The monoisotopic (exact) mass is 196 g/mol. The number of carbonyl (C=O) groups excluding carboxylic acids is 1. The number of nitrogens with two attached hydrogens (primary N) is 1. The topological polar surface area (TPSA) is 55.1 Å². The van der Waals surface area contributed by atoms with Crippen LogP contribution in [0.5, 0.6) is 0 Å². The lowest BCUT2D eigenvalue weighted by molar-refractivity contribution is -0.121. The Kier molecular flexibility index (Phi) is 4.07. The third-order valence-electron chi connectivity index (χ3n) is 1.92. The van der Waals surface area contributed by atoms with Crippen LogP contribution in [0.3, 0.4) is 0 Å². The zero-order chi connectivity index (χ0) is 10.4. The summed E-state index contributed by atoms with van der Waals surface area (Å²) >= 11 is 0. The normalized spacial score (nSPS) is 9.86. The molecule has 1 aromatic carbocycles. The SMILES string of the molecule is NNC(=O)CCCc1cccc(F)c1. The fourth-order valence-electron chi connectivity index (χ4n) is 1.22. The average Bonchev–Trinajstić information content (AvgIpc) is 2.17. The van der Waals surface area contributed by atoms with E-state index in [-0.39, 0.29) is 11.7 Å². The summed E-state index contributed by atoms with van der Waals surface area (Å²) < 4.78 is 12.7. The molecule has 0 aliphatic heterocycles. The molecule has 0 spiro atoms. The van der Waals surface area contributed by atoms with E-state index in [4.69, 9.17) is 5.84 Å². The van der Waals surface area contributed by atoms with Gasteiger partial charge in [0.2, 0.25) is 5.91 Å². The molecule has 3 N–H and O–H groups in total. The Hall–Kier alpha value is -1.42. The lowest BCUT2D eigenvalue weighted by Gasteiger charge is -2.00. The molecule has 0 atom stereocenters. The molecular weight excluding hydrogens is 183 g/mol. The standard InChI is InChI=1S/C10H13FN2O/c11-9-5-1-3-8(7-9)4-2-6-10(14)13-12/h1,3,5,7H,2,4,6,12H2,(H,13,14). The second kappa shape index (κ2) is 5.34. The number of benzene rings is 1. The van der Waals surface area contributed by atoms with Crippen molar-refractivity contribution >= 4 is 5.91 Å². The predicted octanol–water partition coefficient (Wildman–Crippen LogP) is 1.14. The van der Waals surface area contributed by atoms with E-state index in [1.54, 1.807) is 6.07 Å². The second-order valence-corrected chi connectivity index (χ2v) is 3.05. The number of rotatable bonds is 4. The van der Waals surface area contributed by atoms with Crippen LogP contribution in [0.25, 0.3) is 0 Å². The molecule has 0 radical (unpaired) electrons. The number of amides is 1. The van der Waals surface area contributed by atoms with Gasteiger partial charge in [0.05, 0.1) is 0 Å². The molecule has 1 rings (SSSR count). The second-order valence-electron chi connectivity index (χ2n) is 3.05. The quantitative estimate of drug-likeness (QED) is 0.431. The van der Waals surface area contributed by atoms with E-state index in [0.29, 0.717) is 19.3 Å². The van der Waals surface area contributed by atoms with Gasteiger partial charge < -0.3 is 0 Å². The first-order valence-corrected chi connectivity index (χ1v) is 4.46. The molecule has 0 bridgehead atoms. The largest absolute Gasteiger partial charge is 0.294 e. The van der Waals surface area contributed by atoms with Gasteiger partial charge in [-0.1, -0.05) is 12.1 Å². The number of carbonyl (C=O) groups is 1. The molecule has 1 amide bonds. The summed E-state index contributed by atoms with van der Waals surface area (Å²) in [5, 5.41) is 0. The minimum atomic E-state index is -0.245. The smallest absolute Gasteiger partial charge is 0.233 e. The Morgan fingerprint density at radius 1 is 1.50 bits per heavy atom. The maximum atomic E-state index is 12.7. The van der Waals surface area contributed by atoms with Gasteiger partial charge in [-0.05, 0) is 30.5 Å². The van der Waals surface area contributed by atoms with Crippen LogP contribution in [-0.2, 0) is 11.2 Å². The first-order valence-electron chi connectivity index (χ1n) is 4.46. The zero-order valence-electron chi connectivity index (χ0n) is 7.79. The summed E-state index contributed by atoms with van der Waals surface area (Å²) in [7, 11) is 0. The van der Waals surface area contributed by atoms with E-state index in [0.717, 1.165) is 5.56 Å². The number of nitrogens with one attached hydrogen (secondary N) is 1. The highest BCUT2D eigenvalue weighted by molar-refractivity contribution is 5.75. The number of hydrogen-bond donors (Lipinski definition) is 2. The van der Waals surface area contributed by atoms with Crippen LogP contribution in [0, 0.1) is 5.82 Å². The van der Waals surface area contributed by atoms with Crippen molar-refractivity contribution in [1.29, 1.82) is 0 Å². The van der Waals surface area contributed by atoms with E-state index in [1.165, 1.54) is 12.1 Å². The van der Waals surface area contributed by atoms with Crippen LogP contribution in [0.2, 0.25) is 0 Å². The lowest BCUT2D eigenvalue weighted by atomic mass is 10.1. The van der Waals surface area contributed by atoms with Crippen molar-refractivity contribution in [3.63, 3.8) is 0 Å². The van der Waals surface area contributed by atoms with Crippen molar-refractivity contribution in [1.82, 2.24) is 5.43 Å². The van der Waals surface area contributed by atoms with E-state index in [1.807, 2.05) is 11.5 Å². The summed E-state index contributed by atoms with van der Waals surface area (Å²) in [4.78, 5) is 10.8. The maximum Gasteiger partial charge on any atom is 0.233 e. The Bertz CT molecular complexity index is 315. The summed E-state index contributed by atoms with van der Waals surface area (Å²) in [6, 6.07) is 6.37. The molecule has 0 heterocycles. The molecule has 1 aromatic rings. The number of halogens is 1. The van der Waals surface area contributed by atoms with Gasteiger partial charge in [0.25, 0.3) is 0 Å². The van der Waals surface area contributed by atoms with Crippen molar-refractivity contribution in [2.24, 2.45) is 5.84 Å². The Morgan fingerprint density at radius 3 is 2.93 bits per heavy atom. The van der Waals surface area contributed by atoms with Gasteiger partial charge in [-0.2, -0.15) is 0 Å². The van der Waals surface area contributed by atoms with Gasteiger partial charge in [-0.3, -0.25) is 10.2 Å². The minimum Gasteiger partial charge on any atom is -0.294 e. The number of hydrogen-bond acceptors (Lipinski definition) is 2. The molecule has 14 heavy (non-hydrogen) atoms. The maximum absolute atomic E-state index is 12.7. The van der Waals surface area contributed by atoms with Gasteiger partial charge in [0.15, 0.2) is 0 Å². The highest BCUT2D eigenvalue weighted by Gasteiger charge is 1.99. The fourth-order valence-corrected chi connectivity index (χ4v) is 1.22. The lowest BCUT2D eigenvalue weighted by Crippen LogP contribution is -2.29. The van der Waals surface area contributed by atoms with Gasteiger partial charge in [0.1, 0.15) is 5.82 Å². The first-order chi connectivity index (χ1) is 6.72. The van der Waals surface area contributed by atoms with Crippen molar-refractivity contribution in [3.05, 3.63) is 35.6 Å². The molecule has 3 nitrogen and oxygen atoms in total.